The molecule has 9 nitrogen and oxygen atoms in total. The summed E-state index contributed by atoms with van der Waals surface area (Å²) in [4.78, 5) is 19.9. The first-order chi connectivity index (χ1) is 15.7. The van der Waals surface area contributed by atoms with Crippen LogP contribution in [0.2, 0.25) is 0 Å². The van der Waals surface area contributed by atoms with Crippen molar-refractivity contribution < 1.29 is 17.6 Å². The Morgan fingerprint density at radius 2 is 2.00 bits per heavy atom. The highest BCUT2D eigenvalue weighted by atomic mass is 19.4. The predicted octanol–water partition coefficient (Wildman–Crippen LogP) is 2.91. The standard InChI is InChI=1S/C20H21F4N9/c1-11-10-31(2)6-7-32(11)19-29-17-12(20(22,23)24)8-26-33(17)18(30-19)25-9-15-27-14-5-3-4-13(21)16(14)28-15/h3-5,8,11H,6-7,9-10H2,1-2H3,(H,27,28)(H,25,29,30)/t11-/m0/s1. The van der Waals surface area contributed by atoms with Gasteiger partial charge in [-0.15, -0.1) is 0 Å². The fraction of sp³-hybridized carbons (Fsp3) is 0.400. The van der Waals surface area contributed by atoms with Crippen LogP contribution in [-0.4, -0.2) is 67.2 Å². The molecule has 0 amide bonds. The van der Waals surface area contributed by atoms with E-state index in [9.17, 15) is 17.6 Å². The van der Waals surface area contributed by atoms with Crippen LogP contribution in [0.1, 0.15) is 18.3 Å². The molecule has 2 N–H and O–H groups in total. The average molecular weight is 463 g/mol. The van der Waals surface area contributed by atoms with Crippen LogP contribution in [0.25, 0.3) is 16.7 Å². The Morgan fingerprint density at radius 1 is 1.18 bits per heavy atom. The van der Waals surface area contributed by atoms with Crippen molar-refractivity contribution >= 4 is 28.6 Å². The maximum absolute atomic E-state index is 14.0. The summed E-state index contributed by atoms with van der Waals surface area (Å²) in [6, 6.07) is 4.57. The lowest BCUT2D eigenvalue weighted by molar-refractivity contribution is -0.136. The Morgan fingerprint density at radius 3 is 2.73 bits per heavy atom. The van der Waals surface area contributed by atoms with Gasteiger partial charge in [0, 0.05) is 25.7 Å². The molecule has 0 bridgehead atoms. The van der Waals surface area contributed by atoms with Crippen LogP contribution < -0.4 is 10.2 Å². The molecule has 33 heavy (non-hydrogen) atoms. The zero-order valence-electron chi connectivity index (χ0n) is 17.9. The third-order valence-corrected chi connectivity index (χ3v) is 5.68. The van der Waals surface area contributed by atoms with E-state index in [-0.39, 0.29) is 35.6 Å². The summed E-state index contributed by atoms with van der Waals surface area (Å²) in [5.74, 6) is 0.206. The largest absolute Gasteiger partial charge is 0.421 e. The molecule has 1 atom stereocenters. The van der Waals surface area contributed by atoms with Crippen molar-refractivity contribution in [2.24, 2.45) is 0 Å². The number of alkyl halides is 3. The van der Waals surface area contributed by atoms with Gasteiger partial charge >= 0.3 is 6.18 Å². The number of likely N-dealkylation sites (N-methyl/N-ethyl adjacent to an activating group) is 1. The van der Waals surface area contributed by atoms with E-state index in [1.165, 1.54) is 6.07 Å². The number of nitrogens with one attached hydrogen (secondary N) is 2. The molecule has 1 aliphatic rings. The second-order valence-electron chi connectivity index (χ2n) is 8.12. The maximum atomic E-state index is 14.0. The Labute approximate surface area is 185 Å². The van der Waals surface area contributed by atoms with Crippen molar-refractivity contribution in [2.75, 3.05) is 36.9 Å². The van der Waals surface area contributed by atoms with Crippen molar-refractivity contribution in [3.05, 3.63) is 41.6 Å². The van der Waals surface area contributed by atoms with Crippen LogP contribution in [0.5, 0.6) is 0 Å². The molecular weight excluding hydrogens is 442 g/mol. The van der Waals surface area contributed by atoms with Gasteiger partial charge < -0.3 is 20.1 Å². The van der Waals surface area contributed by atoms with Gasteiger partial charge in [0.25, 0.3) is 0 Å². The lowest BCUT2D eigenvalue weighted by Gasteiger charge is -2.38. The smallest absolute Gasteiger partial charge is 0.347 e. The minimum absolute atomic E-state index is 0.00894. The monoisotopic (exact) mass is 463 g/mol. The van der Waals surface area contributed by atoms with E-state index < -0.39 is 17.6 Å². The van der Waals surface area contributed by atoms with Crippen LogP contribution in [-0.2, 0) is 12.7 Å². The molecule has 13 heteroatoms. The summed E-state index contributed by atoms with van der Waals surface area (Å²) in [5, 5.41) is 6.84. The van der Waals surface area contributed by atoms with Crippen LogP contribution >= 0.6 is 0 Å². The Balaban J connectivity index is 1.53. The predicted molar refractivity (Wildman–Crippen MR) is 113 cm³/mol. The highest BCUT2D eigenvalue weighted by molar-refractivity contribution is 5.75. The van der Waals surface area contributed by atoms with E-state index in [1.807, 2.05) is 18.9 Å². The summed E-state index contributed by atoms with van der Waals surface area (Å²) in [5.41, 5.74) is -0.573. The lowest BCUT2D eigenvalue weighted by Crippen LogP contribution is -2.51. The summed E-state index contributed by atoms with van der Waals surface area (Å²) < 4.78 is 55.7. The molecule has 0 aliphatic carbocycles. The second kappa shape index (κ2) is 7.83. The van der Waals surface area contributed by atoms with Gasteiger partial charge in [-0.05, 0) is 26.1 Å². The number of anilines is 2. The van der Waals surface area contributed by atoms with Crippen molar-refractivity contribution in [3.8, 4) is 0 Å². The lowest BCUT2D eigenvalue weighted by atomic mass is 10.2. The SMILES string of the molecule is C[C@H]1CN(C)CCN1c1nc(NCc2nc3c(F)cccc3[nH]2)n2ncc(C(F)(F)F)c2n1. The van der Waals surface area contributed by atoms with Crippen molar-refractivity contribution in [1.29, 1.82) is 0 Å². The number of imidazole rings is 1. The Kier molecular flexibility index (Phi) is 5.07. The van der Waals surface area contributed by atoms with Gasteiger partial charge in [0.05, 0.1) is 18.3 Å². The fourth-order valence-electron chi connectivity index (χ4n) is 4.04. The van der Waals surface area contributed by atoms with E-state index in [1.54, 1.807) is 12.1 Å². The van der Waals surface area contributed by atoms with Crippen molar-refractivity contribution in [2.45, 2.75) is 25.7 Å². The first kappa shape index (κ1) is 21.4. The number of nitrogens with zero attached hydrogens (tertiary/aromatic N) is 7. The molecule has 4 aromatic rings. The topological polar surface area (TPSA) is 90.3 Å². The zero-order chi connectivity index (χ0) is 23.3. The number of halogens is 4. The first-order valence-corrected chi connectivity index (χ1v) is 10.4. The Bertz CT molecular complexity index is 1310. The summed E-state index contributed by atoms with van der Waals surface area (Å²) in [6.07, 6.45) is -3.88. The fourth-order valence-corrected chi connectivity index (χ4v) is 4.04. The van der Waals surface area contributed by atoms with Gasteiger partial charge in [-0.3, -0.25) is 0 Å². The number of hydrogen-bond acceptors (Lipinski definition) is 7. The number of para-hydroxylation sites is 1. The van der Waals surface area contributed by atoms with Gasteiger partial charge in [-0.25, -0.2) is 9.37 Å². The minimum Gasteiger partial charge on any atom is -0.347 e. The normalized spacial score (nSPS) is 17.9. The number of hydrogen-bond donors (Lipinski definition) is 2. The van der Waals surface area contributed by atoms with Crippen LogP contribution in [0.3, 0.4) is 0 Å². The van der Waals surface area contributed by atoms with Gasteiger partial charge in [-0.1, -0.05) is 6.07 Å². The number of aromatic nitrogens is 6. The molecule has 1 aliphatic heterocycles. The summed E-state index contributed by atoms with van der Waals surface area (Å²) >= 11 is 0. The van der Waals surface area contributed by atoms with Gasteiger partial charge in [0.15, 0.2) is 11.5 Å². The van der Waals surface area contributed by atoms with Crippen LogP contribution in [0.4, 0.5) is 29.5 Å². The number of aromatic amines is 1. The van der Waals surface area contributed by atoms with Gasteiger partial charge in [0.1, 0.15) is 16.9 Å². The molecule has 1 saturated heterocycles. The highest BCUT2D eigenvalue weighted by Gasteiger charge is 2.36. The number of rotatable bonds is 4. The van der Waals surface area contributed by atoms with Crippen molar-refractivity contribution in [1.82, 2.24) is 34.4 Å². The van der Waals surface area contributed by atoms with Gasteiger partial charge in [-0.2, -0.15) is 32.8 Å². The summed E-state index contributed by atoms with van der Waals surface area (Å²) in [7, 11) is 1.99. The van der Waals surface area contributed by atoms with E-state index in [2.05, 4.69) is 35.3 Å². The first-order valence-electron chi connectivity index (χ1n) is 10.4. The molecule has 1 fully saturated rings. The van der Waals surface area contributed by atoms with E-state index in [0.29, 0.717) is 17.9 Å². The number of fused-ring (bicyclic) bond motifs is 2. The van der Waals surface area contributed by atoms with E-state index in [4.69, 9.17) is 0 Å². The molecular formula is C20H21F4N9. The van der Waals surface area contributed by atoms with E-state index in [0.717, 1.165) is 23.8 Å². The summed E-state index contributed by atoms with van der Waals surface area (Å²) in [6.45, 7) is 4.08. The highest BCUT2D eigenvalue weighted by Crippen LogP contribution is 2.33. The number of H-pyrrole nitrogens is 1. The molecule has 0 spiro atoms. The molecule has 5 rings (SSSR count). The molecule has 3 aromatic heterocycles. The van der Waals surface area contributed by atoms with Crippen molar-refractivity contribution in [3.63, 3.8) is 0 Å². The molecule has 174 valence electrons. The molecule has 0 radical (unpaired) electrons. The quantitative estimate of drug-likeness (QED) is 0.450. The maximum Gasteiger partial charge on any atom is 0.421 e. The number of benzene rings is 1. The van der Waals surface area contributed by atoms with Crippen LogP contribution in [0, 0.1) is 5.82 Å². The molecule has 0 saturated carbocycles. The zero-order valence-corrected chi connectivity index (χ0v) is 17.9. The molecule has 0 unspecified atom stereocenters. The third-order valence-electron chi connectivity index (χ3n) is 5.68. The third kappa shape index (κ3) is 3.92. The van der Waals surface area contributed by atoms with E-state index >= 15 is 0 Å². The molecule has 4 heterocycles. The Hall–Kier alpha value is -3.48. The average Bonchev–Trinajstić information content (AvgIpc) is 3.36. The molecule has 1 aromatic carbocycles. The van der Waals surface area contributed by atoms with Gasteiger partial charge in [0.2, 0.25) is 11.9 Å². The van der Waals surface area contributed by atoms with Crippen LogP contribution in [0.15, 0.2) is 24.4 Å². The second-order valence-corrected chi connectivity index (χ2v) is 8.12. The minimum atomic E-state index is -4.62. The number of piperazine rings is 1.